The Morgan fingerprint density at radius 3 is 2.63 bits per heavy atom. The molecular weight excluding hydrogens is 266 g/mol. The zero-order valence-corrected chi connectivity index (χ0v) is 12.1. The third-order valence-electron chi connectivity index (χ3n) is 2.69. The van der Waals surface area contributed by atoms with Gasteiger partial charge in [0.15, 0.2) is 0 Å². The van der Waals surface area contributed by atoms with Crippen molar-refractivity contribution in [3.8, 4) is 0 Å². The summed E-state index contributed by atoms with van der Waals surface area (Å²) in [5, 5.41) is 0. The van der Waals surface area contributed by atoms with E-state index in [-0.39, 0.29) is 13.1 Å². The minimum atomic E-state index is -3.51. The Labute approximate surface area is 114 Å². The van der Waals surface area contributed by atoms with Crippen molar-refractivity contribution in [2.45, 2.75) is 13.5 Å². The first-order valence-corrected chi connectivity index (χ1v) is 7.52. The van der Waals surface area contributed by atoms with Crippen molar-refractivity contribution >= 4 is 15.9 Å². The highest BCUT2D eigenvalue weighted by Crippen LogP contribution is 2.14. The van der Waals surface area contributed by atoms with Gasteiger partial charge in [0.05, 0.1) is 6.61 Å². The molecule has 0 bridgehead atoms. The third-order valence-corrected chi connectivity index (χ3v) is 4.32. The molecule has 19 heavy (non-hydrogen) atoms. The zero-order valence-electron chi connectivity index (χ0n) is 11.3. The van der Waals surface area contributed by atoms with Crippen LogP contribution in [0.5, 0.6) is 0 Å². The van der Waals surface area contributed by atoms with Gasteiger partial charge in [0.1, 0.15) is 0 Å². The Morgan fingerprint density at radius 2 is 2.05 bits per heavy atom. The van der Waals surface area contributed by atoms with Gasteiger partial charge in [-0.15, -0.1) is 0 Å². The second-order valence-electron chi connectivity index (χ2n) is 4.02. The van der Waals surface area contributed by atoms with E-state index in [4.69, 9.17) is 10.5 Å². The van der Waals surface area contributed by atoms with Crippen LogP contribution in [0.2, 0.25) is 0 Å². The van der Waals surface area contributed by atoms with Gasteiger partial charge in [-0.2, -0.15) is 17.4 Å². The molecule has 0 heterocycles. The summed E-state index contributed by atoms with van der Waals surface area (Å²) in [5.74, 6) is 0. The van der Waals surface area contributed by atoms with Gasteiger partial charge in [0.2, 0.25) is 0 Å². The van der Waals surface area contributed by atoms with Crippen molar-refractivity contribution in [3.05, 3.63) is 29.8 Å². The molecular formula is C12H21N3O3S. The SMILES string of the molecule is CCN(Cc1ccccc1N)S(=O)(=O)NCCOC. The van der Waals surface area contributed by atoms with E-state index in [1.807, 2.05) is 18.2 Å². The average Bonchev–Trinajstić information content (AvgIpc) is 2.37. The summed E-state index contributed by atoms with van der Waals surface area (Å²) < 4.78 is 32.8. The van der Waals surface area contributed by atoms with E-state index in [0.717, 1.165) is 5.56 Å². The molecule has 0 amide bonds. The normalized spacial score (nSPS) is 11.9. The van der Waals surface area contributed by atoms with Crippen molar-refractivity contribution in [2.75, 3.05) is 32.5 Å². The fourth-order valence-electron chi connectivity index (χ4n) is 1.60. The lowest BCUT2D eigenvalue weighted by molar-refractivity contribution is 0.203. The van der Waals surface area contributed by atoms with E-state index in [9.17, 15) is 8.42 Å². The topological polar surface area (TPSA) is 84.7 Å². The van der Waals surface area contributed by atoms with E-state index in [1.165, 1.54) is 11.4 Å². The van der Waals surface area contributed by atoms with Gasteiger partial charge in [0.25, 0.3) is 10.2 Å². The summed E-state index contributed by atoms with van der Waals surface area (Å²) >= 11 is 0. The molecule has 1 aromatic carbocycles. The van der Waals surface area contributed by atoms with Gasteiger partial charge >= 0.3 is 0 Å². The van der Waals surface area contributed by atoms with E-state index in [2.05, 4.69) is 4.72 Å². The third kappa shape index (κ3) is 4.79. The van der Waals surface area contributed by atoms with Gasteiger partial charge in [-0.25, -0.2) is 0 Å². The number of nitrogens with two attached hydrogens (primary N) is 1. The second-order valence-corrected chi connectivity index (χ2v) is 5.77. The van der Waals surface area contributed by atoms with Crippen LogP contribution < -0.4 is 10.5 Å². The van der Waals surface area contributed by atoms with E-state index >= 15 is 0 Å². The average molecular weight is 287 g/mol. The molecule has 0 unspecified atom stereocenters. The molecule has 0 saturated heterocycles. The van der Waals surface area contributed by atoms with Gasteiger partial charge in [-0.1, -0.05) is 25.1 Å². The summed E-state index contributed by atoms with van der Waals surface area (Å²) in [6.45, 7) is 3.00. The molecule has 0 saturated carbocycles. The lowest BCUT2D eigenvalue weighted by atomic mass is 10.2. The van der Waals surface area contributed by atoms with E-state index in [1.54, 1.807) is 13.0 Å². The van der Waals surface area contributed by atoms with E-state index < -0.39 is 10.2 Å². The van der Waals surface area contributed by atoms with Crippen LogP contribution in [0.4, 0.5) is 5.69 Å². The first-order chi connectivity index (χ1) is 9.01. The minimum absolute atomic E-state index is 0.250. The standard InChI is InChI=1S/C12H21N3O3S/c1-3-15(19(16,17)14-8-9-18-2)10-11-6-4-5-7-12(11)13/h4-7,14H,3,8-10,13H2,1-2H3. The van der Waals surface area contributed by atoms with Crippen molar-refractivity contribution in [1.82, 2.24) is 9.03 Å². The van der Waals surface area contributed by atoms with Gasteiger partial charge in [0, 0.05) is 32.4 Å². The maximum Gasteiger partial charge on any atom is 0.279 e. The Bertz CT molecular complexity index is 491. The Hall–Kier alpha value is -1.15. The van der Waals surface area contributed by atoms with Crippen LogP contribution in [0.1, 0.15) is 12.5 Å². The van der Waals surface area contributed by atoms with Crippen LogP contribution in [-0.4, -0.2) is 39.5 Å². The summed E-state index contributed by atoms with van der Waals surface area (Å²) in [6, 6.07) is 7.24. The lowest BCUT2D eigenvalue weighted by Crippen LogP contribution is -2.41. The molecule has 0 spiro atoms. The first kappa shape index (κ1) is 15.9. The van der Waals surface area contributed by atoms with Crippen molar-refractivity contribution in [1.29, 1.82) is 0 Å². The largest absolute Gasteiger partial charge is 0.398 e. The number of nitrogens with zero attached hydrogens (tertiary/aromatic N) is 1. The van der Waals surface area contributed by atoms with Crippen molar-refractivity contribution < 1.29 is 13.2 Å². The van der Waals surface area contributed by atoms with Crippen LogP contribution >= 0.6 is 0 Å². The molecule has 6 nitrogen and oxygen atoms in total. The molecule has 1 aromatic rings. The molecule has 0 aliphatic carbocycles. The van der Waals surface area contributed by atoms with Gasteiger partial charge in [-0.05, 0) is 11.6 Å². The number of nitrogens with one attached hydrogen (secondary N) is 1. The monoisotopic (exact) mass is 287 g/mol. The molecule has 0 fully saturated rings. The molecule has 3 N–H and O–H groups in total. The summed E-state index contributed by atoms with van der Waals surface area (Å²) in [5.41, 5.74) is 7.21. The Balaban J connectivity index is 2.75. The molecule has 0 aliphatic heterocycles. The Kier molecular flexibility index (Phi) is 6.23. The van der Waals surface area contributed by atoms with Crippen LogP contribution in [0.15, 0.2) is 24.3 Å². The number of hydrogen-bond acceptors (Lipinski definition) is 4. The molecule has 108 valence electrons. The number of para-hydroxylation sites is 1. The second kappa shape index (κ2) is 7.44. The predicted octanol–water partition coefficient (Wildman–Crippen LogP) is 0.572. The summed E-state index contributed by atoms with van der Waals surface area (Å²) in [4.78, 5) is 0. The quantitative estimate of drug-likeness (QED) is 0.541. The fraction of sp³-hybridized carbons (Fsp3) is 0.500. The predicted molar refractivity (Wildman–Crippen MR) is 75.7 cm³/mol. The highest BCUT2D eigenvalue weighted by Gasteiger charge is 2.20. The molecule has 7 heteroatoms. The number of nitrogen functional groups attached to an aromatic ring is 1. The fourth-order valence-corrected chi connectivity index (χ4v) is 2.77. The number of anilines is 1. The van der Waals surface area contributed by atoms with Gasteiger partial charge < -0.3 is 10.5 Å². The summed E-state index contributed by atoms with van der Waals surface area (Å²) in [7, 11) is -1.99. The lowest BCUT2D eigenvalue weighted by Gasteiger charge is -2.21. The molecule has 0 radical (unpaired) electrons. The number of methoxy groups -OCH3 is 1. The van der Waals surface area contributed by atoms with Crippen molar-refractivity contribution in [2.24, 2.45) is 0 Å². The number of ether oxygens (including phenoxy) is 1. The Morgan fingerprint density at radius 1 is 1.37 bits per heavy atom. The van der Waals surface area contributed by atoms with Crippen LogP contribution in [0, 0.1) is 0 Å². The molecule has 0 atom stereocenters. The number of rotatable bonds is 8. The smallest absolute Gasteiger partial charge is 0.279 e. The molecule has 0 aliphatic rings. The minimum Gasteiger partial charge on any atom is -0.398 e. The highest BCUT2D eigenvalue weighted by molar-refractivity contribution is 7.87. The van der Waals surface area contributed by atoms with Crippen LogP contribution in [-0.2, 0) is 21.5 Å². The maximum absolute atomic E-state index is 12.1. The maximum atomic E-state index is 12.1. The number of benzene rings is 1. The highest BCUT2D eigenvalue weighted by atomic mass is 32.2. The van der Waals surface area contributed by atoms with Gasteiger partial charge in [-0.3, -0.25) is 0 Å². The van der Waals surface area contributed by atoms with Crippen LogP contribution in [0.25, 0.3) is 0 Å². The molecule has 1 rings (SSSR count). The summed E-state index contributed by atoms with van der Waals surface area (Å²) in [6.07, 6.45) is 0. The van der Waals surface area contributed by atoms with Crippen molar-refractivity contribution in [3.63, 3.8) is 0 Å². The van der Waals surface area contributed by atoms with E-state index in [0.29, 0.717) is 18.8 Å². The van der Waals surface area contributed by atoms with Crippen LogP contribution in [0.3, 0.4) is 0 Å². The first-order valence-electron chi connectivity index (χ1n) is 6.08. The number of hydrogen-bond donors (Lipinski definition) is 2. The zero-order chi connectivity index (χ0) is 14.3. The molecule has 0 aromatic heterocycles.